The Morgan fingerprint density at radius 1 is 1.54 bits per heavy atom. The van der Waals surface area contributed by atoms with Gasteiger partial charge in [0.25, 0.3) is 0 Å². The molecule has 1 aromatic carbocycles. The lowest BCUT2D eigenvalue weighted by molar-refractivity contribution is 0.410. The first-order valence-electron chi connectivity index (χ1n) is 3.99. The Hall–Kier alpha value is -1.01. The molecule has 0 N–H and O–H groups in total. The normalized spacial score (nSPS) is 9.38. The molecule has 68 valence electrons. The molecule has 0 atom stereocenters. The summed E-state index contributed by atoms with van der Waals surface area (Å²) in [5.41, 5.74) is 1.71. The number of aryl methyl sites for hydroxylation is 1. The van der Waals surface area contributed by atoms with Crippen molar-refractivity contribution in [3.05, 3.63) is 27.7 Å². The van der Waals surface area contributed by atoms with Gasteiger partial charge in [-0.05, 0) is 40.0 Å². The first-order chi connectivity index (χ1) is 6.22. The predicted molar refractivity (Wildman–Crippen MR) is 54.8 cm³/mol. The zero-order valence-corrected chi connectivity index (χ0v) is 9.18. The first-order valence-corrected chi connectivity index (χ1v) is 4.78. The van der Waals surface area contributed by atoms with Crippen LogP contribution < -0.4 is 4.74 Å². The molecule has 0 fully saturated rings. The van der Waals surface area contributed by atoms with E-state index in [4.69, 9.17) is 10.00 Å². The Kier molecular flexibility index (Phi) is 3.32. The summed E-state index contributed by atoms with van der Waals surface area (Å²) in [6.45, 7) is 2.05. The van der Waals surface area contributed by atoms with E-state index in [1.165, 1.54) is 0 Å². The largest absolute Gasteiger partial charge is 0.494 e. The lowest BCUT2D eigenvalue weighted by atomic mass is 10.1. The second-order valence-corrected chi connectivity index (χ2v) is 3.48. The topological polar surface area (TPSA) is 33.0 Å². The van der Waals surface area contributed by atoms with Crippen LogP contribution in [-0.2, 0) is 6.42 Å². The summed E-state index contributed by atoms with van der Waals surface area (Å²) >= 11 is 3.36. The fraction of sp³-hybridized carbons (Fsp3) is 0.300. The van der Waals surface area contributed by atoms with Crippen molar-refractivity contribution in [3.63, 3.8) is 0 Å². The van der Waals surface area contributed by atoms with Gasteiger partial charge in [0.1, 0.15) is 6.07 Å². The van der Waals surface area contributed by atoms with Crippen LogP contribution in [0.15, 0.2) is 16.6 Å². The van der Waals surface area contributed by atoms with E-state index in [-0.39, 0.29) is 0 Å². The molecule has 0 saturated heterocycles. The highest BCUT2D eigenvalue weighted by atomic mass is 79.9. The third-order valence-corrected chi connectivity index (χ3v) is 2.43. The molecule has 0 saturated carbocycles. The van der Waals surface area contributed by atoms with E-state index in [0.29, 0.717) is 11.3 Å². The van der Waals surface area contributed by atoms with Crippen molar-refractivity contribution in [1.82, 2.24) is 0 Å². The van der Waals surface area contributed by atoms with Crippen LogP contribution in [0, 0.1) is 11.3 Å². The lowest BCUT2D eigenvalue weighted by Crippen LogP contribution is -1.91. The van der Waals surface area contributed by atoms with E-state index >= 15 is 0 Å². The molecule has 3 heteroatoms. The number of nitrogens with zero attached hydrogens (tertiary/aromatic N) is 1. The molecule has 0 unspecified atom stereocenters. The second kappa shape index (κ2) is 4.29. The van der Waals surface area contributed by atoms with Gasteiger partial charge in [0.05, 0.1) is 17.1 Å². The van der Waals surface area contributed by atoms with Gasteiger partial charge in [-0.15, -0.1) is 0 Å². The first kappa shape index (κ1) is 10.1. The average Bonchev–Trinajstić information content (AvgIpc) is 2.16. The van der Waals surface area contributed by atoms with Crippen LogP contribution in [-0.4, -0.2) is 7.11 Å². The molecular formula is C10H10BrNO. The SMILES string of the molecule is CCc1cc(Br)c(OC)c(C#N)c1. The standard InChI is InChI=1S/C10H10BrNO/c1-3-7-4-8(6-12)10(13-2)9(11)5-7/h4-5H,3H2,1-2H3. The Bertz CT molecular complexity index is 355. The number of rotatable bonds is 2. The zero-order chi connectivity index (χ0) is 9.84. The maximum Gasteiger partial charge on any atom is 0.150 e. The number of halogens is 1. The highest BCUT2D eigenvalue weighted by molar-refractivity contribution is 9.10. The van der Waals surface area contributed by atoms with Crippen LogP contribution in [0.4, 0.5) is 0 Å². The van der Waals surface area contributed by atoms with Gasteiger partial charge < -0.3 is 4.74 Å². The van der Waals surface area contributed by atoms with Crippen molar-refractivity contribution in [2.45, 2.75) is 13.3 Å². The maximum atomic E-state index is 8.84. The number of methoxy groups -OCH3 is 1. The van der Waals surface area contributed by atoms with E-state index in [1.54, 1.807) is 7.11 Å². The molecule has 0 radical (unpaired) electrons. The third kappa shape index (κ3) is 2.02. The number of hydrogen-bond acceptors (Lipinski definition) is 2. The Balaban J connectivity index is 3.31. The van der Waals surface area contributed by atoms with Crippen molar-refractivity contribution < 1.29 is 4.74 Å². The fourth-order valence-electron chi connectivity index (χ4n) is 1.14. The molecule has 0 aromatic heterocycles. The number of benzene rings is 1. The van der Waals surface area contributed by atoms with Gasteiger partial charge in [-0.25, -0.2) is 0 Å². The third-order valence-electron chi connectivity index (χ3n) is 1.84. The zero-order valence-electron chi connectivity index (χ0n) is 7.60. The summed E-state index contributed by atoms with van der Waals surface area (Å²) in [4.78, 5) is 0. The molecule has 0 aliphatic heterocycles. The van der Waals surface area contributed by atoms with Gasteiger partial charge >= 0.3 is 0 Å². The summed E-state index contributed by atoms with van der Waals surface area (Å²) in [5.74, 6) is 0.611. The molecule has 0 bridgehead atoms. The summed E-state index contributed by atoms with van der Waals surface area (Å²) in [6, 6.07) is 5.93. The van der Waals surface area contributed by atoms with Gasteiger partial charge in [-0.2, -0.15) is 5.26 Å². The quantitative estimate of drug-likeness (QED) is 0.796. The monoisotopic (exact) mass is 239 g/mol. The summed E-state index contributed by atoms with van der Waals surface area (Å²) in [5, 5.41) is 8.84. The van der Waals surface area contributed by atoms with E-state index in [0.717, 1.165) is 16.5 Å². The Labute approximate surface area is 86.3 Å². The van der Waals surface area contributed by atoms with Gasteiger partial charge in [0.15, 0.2) is 5.75 Å². The van der Waals surface area contributed by atoms with Crippen LogP contribution in [0.5, 0.6) is 5.75 Å². The molecule has 13 heavy (non-hydrogen) atoms. The van der Waals surface area contributed by atoms with Crippen molar-refractivity contribution in [1.29, 1.82) is 5.26 Å². The van der Waals surface area contributed by atoms with Crippen LogP contribution in [0.3, 0.4) is 0 Å². The molecule has 0 heterocycles. The van der Waals surface area contributed by atoms with Crippen molar-refractivity contribution in [2.24, 2.45) is 0 Å². The average molecular weight is 240 g/mol. The van der Waals surface area contributed by atoms with Crippen LogP contribution in [0.25, 0.3) is 0 Å². The van der Waals surface area contributed by atoms with Crippen LogP contribution >= 0.6 is 15.9 Å². The van der Waals surface area contributed by atoms with Crippen molar-refractivity contribution in [3.8, 4) is 11.8 Å². The molecule has 0 spiro atoms. The lowest BCUT2D eigenvalue weighted by Gasteiger charge is -2.07. The molecule has 0 aliphatic rings. The predicted octanol–water partition coefficient (Wildman–Crippen LogP) is 2.89. The van der Waals surface area contributed by atoms with Crippen LogP contribution in [0.1, 0.15) is 18.1 Å². The number of hydrogen-bond donors (Lipinski definition) is 0. The summed E-state index contributed by atoms with van der Waals surface area (Å²) in [6.07, 6.45) is 0.914. The molecule has 2 nitrogen and oxygen atoms in total. The van der Waals surface area contributed by atoms with Gasteiger partial charge in [-0.1, -0.05) is 6.92 Å². The molecular weight excluding hydrogens is 230 g/mol. The molecule has 1 aromatic rings. The Morgan fingerprint density at radius 3 is 2.69 bits per heavy atom. The molecule has 1 rings (SSSR count). The van der Waals surface area contributed by atoms with Crippen LogP contribution in [0.2, 0.25) is 0 Å². The molecule has 0 amide bonds. The van der Waals surface area contributed by atoms with Crippen molar-refractivity contribution in [2.75, 3.05) is 7.11 Å². The minimum Gasteiger partial charge on any atom is -0.494 e. The number of ether oxygens (including phenoxy) is 1. The van der Waals surface area contributed by atoms with Gasteiger partial charge in [0.2, 0.25) is 0 Å². The minimum absolute atomic E-state index is 0.578. The fourth-order valence-corrected chi connectivity index (χ4v) is 1.81. The highest BCUT2D eigenvalue weighted by Gasteiger charge is 2.08. The summed E-state index contributed by atoms with van der Waals surface area (Å²) in [7, 11) is 1.56. The van der Waals surface area contributed by atoms with Crippen molar-refractivity contribution >= 4 is 15.9 Å². The van der Waals surface area contributed by atoms with E-state index < -0.39 is 0 Å². The minimum atomic E-state index is 0.578. The second-order valence-electron chi connectivity index (χ2n) is 2.62. The van der Waals surface area contributed by atoms with E-state index in [9.17, 15) is 0 Å². The van der Waals surface area contributed by atoms with Gasteiger partial charge in [-0.3, -0.25) is 0 Å². The number of nitriles is 1. The smallest absolute Gasteiger partial charge is 0.150 e. The van der Waals surface area contributed by atoms with E-state index in [2.05, 4.69) is 28.9 Å². The molecule has 0 aliphatic carbocycles. The van der Waals surface area contributed by atoms with Gasteiger partial charge in [0, 0.05) is 0 Å². The highest BCUT2D eigenvalue weighted by Crippen LogP contribution is 2.30. The maximum absolute atomic E-state index is 8.84. The Morgan fingerprint density at radius 2 is 2.23 bits per heavy atom. The van der Waals surface area contributed by atoms with E-state index in [1.807, 2.05) is 12.1 Å². The summed E-state index contributed by atoms with van der Waals surface area (Å²) < 4.78 is 5.94.